The first-order chi connectivity index (χ1) is 13.6. The maximum atomic E-state index is 13.8. The highest BCUT2D eigenvalue weighted by Crippen LogP contribution is 2.23. The molecule has 1 fully saturated rings. The lowest BCUT2D eigenvalue weighted by Gasteiger charge is -2.32. The molecule has 1 aliphatic heterocycles. The molecule has 0 bridgehead atoms. The van der Waals surface area contributed by atoms with Crippen LogP contribution in [0.5, 0.6) is 0 Å². The monoisotopic (exact) mass is 400 g/mol. The van der Waals surface area contributed by atoms with Crippen molar-refractivity contribution in [2.75, 3.05) is 13.1 Å². The Labute approximate surface area is 169 Å². The molecule has 0 spiro atoms. The van der Waals surface area contributed by atoms with Gasteiger partial charge in [-0.3, -0.25) is 9.59 Å². The summed E-state index contributed by atoms with van der Waals surface area (Å²) in [4.78, 5) is 26.8. The van der Waals surface area contributed by atoms with Crippen LogP contribution >= 0.6 is 0 Å². The van der Waals surface area contributed by atoms with Gasteiger partial charge in [-0.05, 0) is 48.1 Å². The molecule has 3 rings (SSSR count). The Bertz CT molecular complexity index is 896. The van der Waals surface area contributed by atoms with E-state index in [-0.39, 0.29) is 22.9 Å². The lowest BCUT2D eigenvalue weighted by atomic mass is 9.86. The van der Waals surface area contributed by atoms with E-state index < -0.39 is 17.5 Å². The first-order valence-corrected chi connectivity index (χ1v) is 9.81. The molecule has 2 aromatic rings. The van der Waals surface area contributed by atoms with Crippen molar-refractivity contribution in [1.82, 2.24) is 10.2 Å². The molecular formula is C23H26F2N2O2. The zero-order valence-electron chi connectivity index (χ0n) is 17.0. The molecule has 6 heteroatoms. The molecule has 0 unspecified atom stereocenters. The van der Waals surface area contributed by atoms with Gasteiger partial charge in [0.2, 0.25) is 0 Å². The average Bonchev–Trinajstić information content (AvgIpc) is 2.67. The lowest BCUT2D eigenvalue weighted by molar-refractivity contribution is 0.0698. The van der Waals surface area contributed by atoms with E-state index in [9.17, 15) is 18.4 Å². The van der Waals surface area contributed by atoms with Gasteiger partial charge in [0, 0.05) is 30.8 Å². The molecule has 0 aromatic heterocycles. The molecule has 1 heterocycles. The third kappa shape index (κ3) is 5.00. The molecule has 1 N–H and O–H groups in total. The number of carbonyl (C=O) groups is 2. The number of piperidine rings is 1. The van der Waals surface area contributed by atoms with Gasteiger partial charge in [-0.1, -0.05) is 32.9 Å². The highest BCUT2D eigenvalue weighted by molar-refractivity contribution is 5.95. The van der Waals surface area contributed by atoms with Gasteiger partial charge in [-0.2, -0.15) is 0 Å². The molecule has 2 amide bonds. The fourth-order valence-corrected chi connectivity index (χ4v) is 3.46. The summed E-state index contributed by atoms with van der Waals surface area (Å²) in [5, 5.41) is 2.78. The number of carbonyl (C=O) groups excluding carboxylic acids is 2. The second-order valence-corrected chi connectivity index (χ2v) is 8.49. The molecule has 0 atom stereocenters. The Kier molecular flexibility index (Phi) is 6.01. The number of hydrogen-bond acceptors (Lipinski definition) is 2. The zero-order valence-corrected chi connectivity index (χ0v) is 17.0. The second-order valence-electron chi connectivity index (χ2n) is 8.49. The van der Waals surface area contributed by atoms with Gasteiger partial charge in [0.05, 0.1) is 5.56 Å². The number of rotatable bonds is 3. The van der Waals surface area contributed by atoms with E-state index in [4.69, 9.17) is 0 Å². The molecule has 0 saturated carbocycles. The molecule has 1 aliphatic rings. The summed E-state index contributed by atoms with van der Waals surface area (Å²) in [5.41, 5.74) is 1.67. The van der Waals surface area contributed by atoms with Crippen molar-refractivity contribution >= 4 is 11.8 Å². The van der Waals surface area contributed by atoms with Crippen LogP contribution in [0.25, 0.3) is 0 Å². The normalized spacial score (nSPS) is 15.3. The number of nitrogens with one attached hydrogen (secondary N) is 1. The van der Waals surface area contributed by atoms with Gasteiger partial charge in [0.15, 0.2) is 0 Å². The lowest BCUT2D eigenvalue weighted by Crippen LogP contribution is -2.46. The van der Waals surface area contributed by atoms with Crippen molar-refractivity contribution in [1.29, 1.82) is 0 Å². The van der Waals surface area contributed by atoms with Crippen molar-refractivity contribution in [3.8, 4) is 0 Å². The fourth-order valence-electron chi connectivity index (χ4n) is 3.46. The smallest absolute Gasteiger partial charge is 0.254 e. The van der Waals surface area contributed by atoms with E-state index >= 15 is 0 Å². The highest BCUT2D eigenvalue weighted by atomic mass is 19.1. The van der Waals surface area contributed by atoms with Crippen LogP contribution in [-0.2, 0) is 5.41 Å². The van der Waals surface area contributed by atoms with E-state index in [1.165, 1.54) is 5.56 Å². The predicted molar refractivity (Wildman–Crippen MR) is 108 cm³/mol. The molecule has 154 valence electrons. The molecular weight excluding hydrogens is 374 g/mol. The SMILES string of the molecule is CC(C)(C)c1ccc(C(=O)N2CCC(NC(=O)c3ccc(F)cc3F)CC2)cc1. The van der Waals surface area contributed by atoms with E-state index in [0.717, 1.165) is 12.1 Å². The third-order valence-corrected chi connectivity index (χ3v) is 5.29. The largest absolute Gasteiger partial charge is 0.349 e. The number of likely N-dealkylation sites (tertiary alicyclic amines) is 1. The first-order valence-electron chi connectivity index (χ1n) is 9.81. The summed E-state index contributed by atoms with van der Waals surface area (Å²) < 4.78 is 26.8. The van der Waals surface area contributed by atoms with Gasteiger partial charge >= 0.3 is 0 Å². The Hall–Kier alpha value is -2.76. The van der Waals surface area contributed by atoms with Crippen LogP contribution in [0.15, 0.2) is 42.5 Å². The minimum Gasteiger partial charge on any atom is -0.349 e. The van der Waals surface area contributed by atoms with Crippen molar-refractivity contribution < 1.29 is 18.4 Å². The average molecular weight is 400 g/mol. The van der Waals surface area contributed by atoms with Gasteiger partial charge in [0.25, 0.3) is 11.8 Å². The fraction of sp³-hybridized carbons (Fsp3) is 0.391. The Morgan fingerprint density at radius 3 is 2.17 bits per heavy atom. The van der Waals surface area contributed by atoms with E-state index in [1.54, 1.807) is 4.90 Å². The quantitative estimate of drug-likeness (QED) is 0.835. The summed E-state index contributed by atoms with van der Waals surface area (Å²) in [5.74, 6) is -2.19. The van der Waals surface area contributed by atoms with Crippen LogP contribution in [0.2, 0.25) is 0 Å². The maximum absolute atomic E-state index is 13.8. The standard InChI is InChI=1S/C23H26F2N2O2/c1-23(2,3)16-6-4-15(5-7-16)22(29)27-12-10-18(11-13-27)26-21(28)19-9-8-17(24)14-20(19)25/h4-9,14,18H,10-13H2,1-3H3,(H,26,28). The predicted octanol–water partition coefficient (Wildman–Crippen LogP) is 4.30. The maximum Gasteiger partial charge on any atom is 0.254 e. The van der Waals surface area contributed by atoms with Crippen molar-refractivity contribution in [3.05, 3.63) is 70.8 Å². The van der Waals surface area contributed by atoms with E-state index in [2.05, 4.69) is 26.1 Å². The van der Waals surface area contributed by atoms with Crippen molar-refractivity contribution in [2.45, 2.75) is 45.1 Å². The van der Waals surface area contributed by atoms with Crippen LogP contribution in [0.1, 0.15) is 59.9 Å². The molecule has 4 nitrogen and oxygen atoms in total. The Morgan fingerprint density at radius 1 is 1.00 bits per heavy atom. The number of amides is 2. The molecule has 29 heavy (non-hydrogen) atoms. The van der Waals surface area contributed by atoms with Crippen LogP contribution in [0.3, 0.4) is 0 Å². The highest BCUT2D eigenvalue weighted by Gasteiger charge is 2.26. The number of halogens is 2. The molecule has 0 radical (unpaired) electrons. The minimum absolute atomic E-state index is 0.0279. The summed E-state index contributed by atoms with van der Waals surface area (Å²) in [7, 11) is 0. The summed E-state index contributed by atoms with van der Waals surface area (Å²) in [6.07, 6.45) is 1.17. The second kappa shape index (κ2) is 8.31. The first kappa shape index (κ1) is 21.0. The van der Waals surface area contributed by atoms with E-state index in [1.807, 2.05) is 24.3 Å². The number of benzene rings is 2. The summed E-state index contributed by atoms with van der Waals surface area (Å²) in [6.45, 7) is 7.40. The topological polar surface area (TPSA) is 49.4 Å². The van der Waals surface area contributed by atoms with Gasteiger partial charge in [-0.15, -0.1) is 0 Å². The van der Waals surface area contributed by atoms with Crippen LogP contribution in [0, 0.1) is 11.6 Å². The summed E-state index contributed by atoms with van der Waals surface area (Å²) in [6, 6.07) is 10.4. The van der Waals surface area contributed by atoms with Gasteiger partial charge < -0.3 is 10.2 Å². The number of nitrogens with zero attached hydrogens (tertiary/aromatic N) is 1. The zero-order chi connectivity index (χ0) is 21.2. The molecule has 2 aromatic carbocycles. The summed E-state index contributed by atoms with van der Waals surface area (Å²) >= 11 is 0. The third-order valence-electron chi connectivity index (χ3n) is 5.29. The van der Waals surface area contributed by atoms with E-state index in [0.29, 0.717) is 37.6 Å². The molecule has 0 aliphatic carbocycles. The Morgan fingerprint density at radius 2 is 1.62 bits per heavy atom. The van der Waals surface area contributed by atoms with Gasteiger partial charge in [-0.25, -0.2) is 8.78 Å². The van der Waals surface area contributed by atoms with Crippen LogP contribution < -0.4 is 5.32 Å². The van der Waals surface area contributed by atoms with Crippen LogP contribution in [0.4, 0.5) is 8.78 Å². The van der Waals surface area contributed by atoms with Crippen molar-refractivity contribution in [3.63, 3.8) is 0 Å². The van der Waals surface area contributed by atoms with Gasteiger partial charge in [0.1, 0.15) is 11.6 Å². The minimum atomic E-state index is -0.881. The Balaban J connectivity index is 1.56. The number of hydrogen-bond donors (Lipinski definition) is 1. The van der Waals surface area contributed by atoms with Crippen LogP contribution in [-0.4, -0.2) is 35.8 Å². The van der Waals surface area contributed by atoms with Crippen molar-refractivity contribution in [2.24, 2.45) is 0 Å². The molecule has 1 saturated heterocycles.